The van der Waals surface area contributed by atoms with Gasteiger partial charge in [-0.05, 0) is 42.8 Å². The topological polar surface area (TPSA) is 66.0 Å². The highest BCUT2D eigenvalue weighted by Gasteiger charge is 2.43. The lowest BCUT2D eigenvalue weighted by Gasteiger charge is -2.37. The lowest BCUT2D eigenvalue weighted by Crippen LogP contribution is -2.52. The number of piperazine rings is 1. The predicted octanol–water partition coefficient (Wildman–Crippen LogP) is 3.53. The van der Waals surface area contributed by atoms with Gasteiger partial charge < -0.3 is 9.64 Å². The van der Waals surface area contributed by atoms with E-state index in [1.807, 2.05) is 42.6 Å². The number of pyridine rings is 1. The third kappa shape index (κ3) is 6.21. The lowest BCUT2D eigenvalue weighted by molar-refractivity contribution is -0.123. The molecule has 1 aromatic heterocycles. The number of rotatable bonds is 11. The first-order valence-electron chi connectivity index (χ1n) is 12.6. The van der Waals surface area contributed by atoms with Gasteiger partial charge in [0, 0.05) is 51.0 Å². The van der Waals surface area contributed by atoms with Gasteiger partial charge in [0.1, 0.15) is 5.75 Å². The van der Waals surface area contributed by atoms with Crippen LogP contribution in [0.15, 0.2) is 48.7 Å². The van der Waals surface area contributed by atoms with Gasteiger partial charge in [-0.3, -0.25) is 19.5 Å². The summed E-state index contributed by atoms with van der Waals surface area (Å²) in [7, 11) is 0. The van der Waals surface area contributed by atoms with E-state index in [1.54, 1.807) is 0 Å². The Kier molecular flexibility index (Phi) is 8.66. The first kappa shape index (κ1) is 24.4. The number of amides is 2. The number of unbranched alkanes of at least 4 members (excludes halogenated alkanes) is 3. The Balaban J connectivity index is 1.26. The molecule has 4 rings (SSSR count). The van der Waals surface area contributed by atoms with Crippen LogP contribution in [0.2, 0.25) is 0 Å². The monoisotopic (exact) mass is 464 g/mol. The number of carbonyl (C=O) groups is 2. The average Bonchev–Trinajstić information content (AvgIpc) is 3.17. The molecule has 2 amide bonds. The van der Waals surface area contributed by atoms with Crippen molar-refractivity contribution in [2.45, 2.75) is 51.5 Å². The van der Waals surface area contributed by atoms with Gasteiger partial charge in [0.05, 0.1) is 24.8 Å². The molecule has 0 radical (unpaired) electrons. The summed E-state index contributed by atoms with van der Waals surface area (Å²) in [6.07, 6.45) is 7.65. The number of carbonyl (C=O) groups excluding carboxylic acids is 2. The highest BCUT2D eigenvalue weighted by Crippen LogP contribution is 2.28. The van der Waals surface area contributed by atoms with E-state index in [1.165, 1.54) is 24.2 Å². The number of imide groups is 1. The van der Waals surface area contributed by atoms with Crippen LogP contribution >= 0.6 is 0 Å². The number of anilines is 1. The molecule has 7 nitrogen and oxygen atoms in total. The van der Waals surface area contributed by atoms with Crippen LogP contribution in [-0.2, 0) is 16.0 Å². The number of hydrogen-bond donors (Lipinski definition) is 0. The van der Waals surface area contributed by atoms with Gasteiger partial charge in [-0.25, -0.2) is 4.90 Å². The molecule has 0 bridgehead atoms. The molecule has 1 aromatic carbocycles. The number of ether oxygens (including phenoxy) is 1. The van der Waals surface area contributed by atoms with Gasteiger partial charge in [0.25, 0.3) is 5.91 Å². The summed E-state index contributed by atoms with van der Waals surface area (Å²) in [6.45, 7) is 7.23. The Morgan fingerprint density at radius 1 is 0.971 bits per heavy atom. The van der Waals surface area contributed by atoms with Crippen LogP contribution in [0, 0.1) is 0 Å². The quantitative estimate of drug-likeness (QED) is 0.374. The number of benzene rings is 1. The number of nitrogens with zero attached hydrogens (tertiary/aromatic N) is 4. The van der Waals surface area contributed by atoms with Crippen LogP contribution in [0.1, 0.15) is 44.7 Å². The molecule has 0 N–H and O–H groups in total. The van der Waals surface area contributed by atoms with Crippen molar-refractivity contribution in [3.63, 3.8) is 0 Å². The maximum absolute atomic E-state index is 13.2. The van der Waals surface area contributed by atoms with Crippen LogP contribution in [0.4, 0.5) is 5.69 Å². The Morgan fingerprint density at radius 3 is 2.47 bits per heavy atom. The predicted molar refractivity (Wildman–Crippen MR) is 133 cm³/mol. The second-order valence-corrected chi connectivity index (χ2v) is 9.14. The van der Waals surface area contributed by atoms with Crippen LogP contribution in [0.3, 0.4) is 0 Å². The molecule has 3 heterocycles. The zero-order valence-corrected chi connectivity index (χ0v) is 20.2. The molecule has 2 fully saturated rings. The second kappa shape index (κ2) is 12.1. The summed E-state index contributed by atoms with van der Waals surface area (Å²) in [5.74, 6) is 0.540. The van der Waals surface area contributed by atoms with Crippen LogP contribution in [0.5, 0.6) is 5.75 Å². The molecule has 182 valence electrons. The Morgan fingerprint density at radius 2 is 1.76 bits per heavy atom. The van der Waals surface area contributed by atoms with Crippen molar-refractivity contribution < 1.29 is 14.3 Å². The van der Waals surface area contributed by atoms with E-state index >= 15 is 0 Å². The van der Waals surface area contributed by atoms with E-state index in [4.69, 9.17) is 4.74 Å². The van der Waals surface area contributed by atoms with Crippen LogP contribution < -0.4 is 9.64 Å². The first-order valence-corrected chi connectivity index (χ1v) is 12.6. The van der Waals surface area contributed by atoms with Crippen LogP contribution in [-0.4, -0.2) is 72.0 Å². The molecule has 7 heteroatoms. The molecule has 2 aromatic rings. The zero-order chi connectivity index (χ0) is 23.8. The molecule has 0 saturated carbocycles. The standard InChI is InChI=1S/C27H36N4O3/c1-2-3-4-7-20-34-24-11-9-23(10-12-24)31-26(32)21-25(27(31)33)30-18-16-29(17-19-30)15-13-22-8-5-6-14-28-22/h5-6,8-12,14,25H,2-4,7,13,15-21H2,1H3/t25-/m0/s1. The third-order valence-corrected chi connectivity index (χ3v) is 6.74. The maximum Gasteiger partial charge on any atom is 0.251 e. The molecule has 0 aliphatic carbocycles. The third-order valence-electron chi connectivity index (χ3n) is 6.74. The van der Waals surface area contributed by atoms with E-state index in [2.05, 4.69) is 27.8 Å². The molecule has 2 aliphatic rings. The Hall–Kier alpha value is -2.77. The average molecular weight is 465 g/mol. The summed E-state index contributed by atoms with van der Waals surface area (Å²) in [5, 5.41) is 0. The van der Waals surface area contributed by atoms with Gasteiger partial charge in [0.2, 0.25) is 5.91 Å². The highest BCUT2D eigenvalue weighted by atomic mass is 16.5. The molecule has 34 heavy (non-hydrogen) atoms. The molecular weight excluding hydrogens is 428 g/mol. The van der Waals surface area contributed by atoms with Gasteiger partial charge in [-0.1, -0.05) is 32.3 Å². The van der Waals surface area contributed by atoms with Gasteiger partial charge >= 0.3 is 0 Å². The smallest absolute Gasteiger partial charge is 0.251 e. The minimum Gasteiger partial charge on any atom is -0.494 e. The fourth-order valence-corrected chi connectivity index (χ4v) is 4.70. The van der Waals surface area contributed by atoms with Crippen LogP contribution in [0.25, 0.3) is 0 Å². The molecule has 0 spiro atoms. The van der Waals surface area contributed by atoms with Gasteiger partial charge in [0.15, 0.2) is 0 Å². The summed E-state index contributed by atoms with van der Waals surface area (Å²) in [6, 6.07) is 13.0. The van der Waals surface area contributed by atoms with Crippen molar-refractivity contribution in [1.82, 2.24) is 14.8 Å². The van der Waals surface area contributed by atoms with Crippen molar-refractivity contribution >= 4 is 17.5 Å². The Bertz CT molecular complexity index is 927. The van der Waals surface area contributed by atoms with Crippen molar-refractivity contribution in [3.05, 3.63) is 54.4 Å². The van der Waals surface area contributed by atoms with E-state index in [0.717, 1.165) is 57.0 Å². The van der Waals surface area contributed by atoms with Crippen molar-refractivity contribution in [3.8, 4) is 5.75 Å². The summed E-state index contributed by atoms with van der Waals surface area (Å²) >= 11 is 0. The molecule has 2 saturated heterocycles. The molecule has 0 unspecified atom stereocenters. The normalized spacial score (nSPS) is 19.7. The minimum atomic E-state index is -0.361. The minimum absolute atomic E-state index is 0.111. The largest absolute Gasteiger partial charge is 0.494 e. The van der Waals surface area contributed by atoms with E-state index in [9.17, 15) is 9.59 Å². The molecular formula is C27H36N4O3. The fraction of sp³-hybridized carbons (Fsp3) is 0.519. The number of aromatic nitrogens is 1. The summed E-state index contributed by atoms with van der Waals surface area (Å²) in [5.41, 5.74) is 1.73. The van der Waals surface area contributed by atoms with Gasteiger partial charge in [-0.15, -0.1) is 0 Å². The second-order valence-electron chi connectivity index (χ2n) is 9.14. The van der Waals surface area contributed by atoms with Gasteiger partial charge in [-0.2, -0.15) is 0 Å². The van der Waals surface area contributed by atoms with Crippen molar-refractivity contribution in [2.75, 3.05) is 44.2 Å². The van der Waals surface area contributed by atoms with E-state index < -0.39 is 0 Å². The maximum atomic E-state index is 13.2. The summed E-state index contributed by atoms with van der Waals surface area (Å²) < 4.78 is 5.79. The molecule has 2 aliphatic heterocycles. The fourth-order valence-electron chi connectivity index (χ4n) is 4.70. The molecule has 1 atom stereocenters. The highest BCUT2D eigenvalue weighted by molar-refractivity contribution is 6.22. The van der Waals surface area contributed by atoms with E-state index in [0.29, 0.717) is 12.3 Å². The number of hydrogen-bond acceptors (Lipinski definition) is 6. The summed E-state index contributed by atoms with van der Waals surface area (Å²) in [4.78, 5) is 36.2. The van der Waals surface area contributed by atoms with Crippen molar-refractivity contribution in [1.29, 1.82) is 0 Å². The zero-order valence-electron chi connectivity index (χ0n) is 20.2. The first-order chi connectivity index (χ1) is 16.7. The van der Waals surface area contributed by atoms with Crippen molar-refractivity contribution in [2.24, 2.45) is 0 Å². The SMILES string of the molecule is CCCCCCOc1ccc(N2C(=O)C[C@H](N3CCN(CCc4ccccn4)CC3)C2=O)cc1. The Labute approximate surface area is 202 Å². The van der Waals surface area contributed by atoms with E-state index in [-0.39, 0.29) is 24.3 Å². The lowest BCUT2D eigenvalue weighted by atomic mass is 10.1.